The van der Waals surface area contributed by atoms with Crippen LogP contribution in [0.15, 0.2) is 36.7 Å². The predicted molar refractivity (Wildman–Crippen MR) is 109 cm³/mol. The van der Waals surface area contributed by atoms with Crippen LogP contribution in [0.25, 0.3) is 22.6 Å². The van der Waals surface area contributed by atoms with E-state index in [0.29, 0.717) is 34.1 Å². The van der Waals surface area contributed by atoms with E-state index in [0.717, 1.165) is 18.5 Å². The van der Waals surface area contributed by atoms with Gasteiger partial charge in [-0.2, -0.15) is 8.42 Å². The number of fused-ring (bicyclic) bond motifs is 1. The Kier molecular flexibility index (Phi) is 5.13. The number of pyridine rings is 1. The molecule has 8 nitrogen and oxygen atoms in total. The second-order valence-electron chi connectivity index (χ2n) is 6.98. The van der Waals surface area contributed by atoms with E-state index < -0.39 is 21.8 Å². The summed E-state index contributed by atoms with van der Waals surface area (Å²) in [4.78, 5) is 17.2. The third-order valence-electron chi connectivity index (χ3n) is 4.44. The first kappa shape index (κ1) is 20.8. The van der Waals surface area contributed by atoms with Crippen LogP contribution in [0, 0.1) is 25.5 Å². The summed E-state index contributed by atoms with van der Waals surface area (Å²) in [7, 11) is -3.78. The van der Waals surface area contributed by atoms with E-state index >= 15 is 0 Å². The van der Waals surface area contributed by atoms with Gasteiger partial charge in [0.05, 0.1) is 24.7 Å². The van der Waals surface area contributed by atoms with Crippen LogP contribution in [0.1, 0.15) is 17.1 Å². The van der Waals surface area contributed by atoms with Crippen molar-refractivity contribution < 1.29 is 21.4 Å². The number of halogens is 2. The number of nitrogens with zero attached hydrogens (tertiary/aromatic N) is 5. The minimum Gasteiger partial charge on any atom is -0.382 e. The quantitative estimate of drug-likeness (QED) is 0.435. The van der Waals surface area contributed by atoms with E-state index in [1.54, 1.807) is 18.4 Å². The van der Waals surface area contributed by atoms with Crippen molar-refractivity contribution in [2.75, 3.05) is 6.26 Å². The third kappa shape index (κ3) is 4.36. The van der Waals surface area contributed by atoms with Crippen LogP contribution in [0.3, 0.4) is 0 Å². The fourth-order valence-electron chi connectivity index (χ4n) is 3.23. The zero-order valence-corrected chi connectivity index (χ0v) is 17.6. The Morgan fingerprint density at radius 1 is 1.06 bits per heavy atom. The van der Waals surface area contributed by atoms with Crippen LogP contribution in [-0.2, 0) is 16.7 Å². The van der Waals surface area contributed by atoms with Crippen LogP contribution in [0.5, 0.6) is 5.75 Å². The third-order valence-corrected chi connectivity index (χ3v) is 4.94. The van der Waals surface area contributed by atoms with Gasteiger partial charge in [-0.3, -0.25) is 4.98 Å². The standard InChI is InChI=1S/C20H17F2N5O3S/c1-11-18-20(25-12(2)24-11)27(19(26-18)14-6-15(21)9-23-8-14)10-13-4-5-16(7-17(13)22)30-31(3,28)29/h4-9H,10H2,1-3H3. The molecule has 1 aromatic carbocycles. The van der Waals surface area contributed by atoms with Gasteiger partial charge < -0.3 is 8.75 Å². The summed E-state index contributed by atoms with van der Waals surface area (Å²) < 4.78 is 57.5. The number of imidazole rings is 1. The number of aryl methyl sites for hydroxylation is 2. The molecule has 0 saturated carbocycles. The highest BCUT2D eigenvalue weighted by Gasteiger charge is 2.19. The molecule has 0 unspecified atom stereocenters. The Hall–Kier alpha value is -3.47. The molecule has 0 aliphatic heterocycles. The summed E-state index contributed by atoms with van der Waals surface area (Å²) in [5, 5.41) is 0. The van der Waals surface area contributed by atoms with E-state index in [4.69, 9.17) is 4.18 Å². The molecule has 3 heterocycles. The topological polar surface area (TPSA) is 99.9 Å². The fourth-order valence-corrected chi connectivity index (χ4v) is 3.69. The Morgan fingerprint density at radius 2 is 1.84 bits per heavy atom. The molecular formula is C20H17F2N5O3S. The second kappa shape index (κ2) is 7.65. The lowest BCUT2D eigenvalue weighted by molar-refractivity contribution is 0.489. The van der Waals surface area contributed by atoms with Gasteiger partial charge in [-0.15, -0.1) is 0 Å². The van der Waals surface area contributed by atoms with Gasteiger partial charge in [0.25, 0.3) is 0 Å². The number of aromatic nitrogens is 5. The van der Waals surface area contributed by atoms with Gasteiger partial charge in [-0.05, 0) is 26.0 Å². The van der Waals surface area contributed by atoms with Crippen LogP contribution in [0.2, 0.25) is 0 Å². The molecule has 3 aromatic heterocycles. The number of rotatable bonds is 5. The highest BCUT2D eigenvalue weighted by molar-refractivity contribution is 7.86. The lowest BCUT2D eigenvalue weighted by Gasteiger charge is -2.11. The molecular weight excluding hydrogens is 428 g/mol. The zero-order valence-electron chi connectivity index (χ0n) is 16.8. The molecule has 0 bridgehead atoms. The molecule has 0 fully saturated rings. The van der Waals surface area contributed by atoms with E-state index in [1.807, 2.05) is 0 Å². The molecule has 0 atom stereocenters. The second-order valence-corrected chi connectivity index (χ2v) is 8.56. The maximum atomic E-state index is 14.8. The molecule has 4 aromatic rings. The summed E-state index contributed by atoms with van der Waals surface area (Å²) in [5.74, 6) is -0.492. The SMILES string of the molecule is Cc1nc(C)c2nc(-c3cncc(F)c3)n(Cc3ccc(OS(C)(=O)=O)cc3F)c2n1. The zero-order chi connectivity index (χ0) is 22.3. The fraction of sp³-hybridized carbons (Fsp3) is 0.200. The molecule has 4 rings (SSSR count). The molecule has 0 aliphatic carbocycles. The summed E-state index contributed by atoms with van der Waals surface area (Å²) in [6.45, 7) is 3.51. The molecule has 31 heavy (non-hydrogen) atoms. The smallest absolute Gasteiger partial charge is 0.306 e. The molecule has 0 spiro atoms. The van der Waals surface area contributed by atoms with E-state index in [1.165, 1.54) is 24.4 Å². The van der Waals surface area contributed by atoms with Crippen LogP contribution in [0.4, 0.5) is 8.78 Å². The van der Waals surface area contributed by atoms with Crippen molar-refractivity contribution in [3.63, 3.8) is 0 Å². The lowest BCUT2D eigenvalue weighted by Crippen LogP contribution is -2.08. The molecule has 0 amide bonds. The molecule has 0 saturated heterocycles. The van der Waals surface area contributed by atoms with Crippen LogP contribution < -0.4 is 4.18 Å². The van der Waals surface area contributed by atoms with E-state index in [2.05, 4.69) is 19.9 Å². The Labute approximate surface area is 176 Å². The largest absolute Gasteiger partial charge is 0.382 e. The molecule has 160 valence electrons. The van der Waals surface area contributed by atoms with Crippen LogP contribution >= 0.6 is 0 Å². The Morgan fingerprint density at radius 3 is 2.52 bits per heavy atom. The molecule has 11 heteroatoms. The molecule has 0 aliphatic rings. The minimum absolute atomic E-state index is 0.00320. The van der Waals surface area contributed by atoms with Crippen molar-refractivity contribution in [1.29, 1.82) is 0 Å². The van der Waals surface area contributed by atoms with Crippen molar-refractivity contribution in [3.05, 3.63) is 65.4 Å². The van der Waals surface area contributed by atoms with Gasteiger partial charge in [-0.25, -0.2) is 23.7 Å². The van der Waals surface area contributed by atoms with E-state index in [-0.39, 0.29) is 17.9 Å². The first-order valence-electron chi connectivity index (χ1n) is 9.11. The van der Waals surface area contributed by atoms with Crippen molar-refractivity contribution in [2.45, 2.75) is 20.4 Å². The average molecular weight is 445 g/mol. The van der Waals surface area contributed by atoms with Gasteiger partial charge in [-0.1, -0.05) is 6.07 Å². The monoisotopic (exact) mass is 445 g/mol. The van der Waals surface area contributed by atoms with Gasteiger partial charge in [0.2, 0.25) is 0 Å². The highest BCUT2D eigenvalue weighted by atomic mass is 32.2. The molecule has 0 radical (unpaired) electrons. The van der Waals surface area contributed by atoms with Gasteiger partial charge >= 0.3 is 10.1 Å². The molecule has 0 N–H and O–H groups in total. The van der Waals surface area contributed by atoms with Crippen molar-refractivity contribution in [1.82, 2.24) is 24.5 Å². The first-order chi connectivity index (χ1) is 14.6. The maximum absolute atomic E-state index is 14.8. The predicted octanol–water partition coefficient (Wildman–Crippen LogP) is 3.17. The van der Waals surface area contributed by atoms with E-state index in [9.17, 15) is 17.2 Å². The lowest BCUT2D eigenvalue weighted by atomic mass is 10.2. The highest BCUT2D eigenvalue weighted by Crippen LogP contribution is 2.27. The number of hydrogen-bond acceptors (Lipinski definition) is 7. The van der Waals surface area contributed by atoms with Gasteiger partial charge in [0.15, 0.2) is 5.65 Å². The summed E-state index contributed by atoms with van der Waals surface area (Å²) >= 11 is 0. The van der Waals surface area contributed by atoms with Gasteiger partial charge in [0.1, 0.15) is 34.5 Å². The Bertz CT molecular complexity index is 1420. The number of benzene rings is 1. The van der Waals surface area contributed by atoms with Crippen molar-refractivity contribution >= 4 is 21.3 Å². The van der Waals surface area contributed by atoms with Crippen molar-refractivity contribution in [3.8, 4) is 17.1 Å². The Balaban J connectivity index is 1.86. The average Bonchev–Trinajstić information content (AvgIpc) is 3.01. The summed E-state index contributed by atoms with van der Waals surface area (Å²) in [5.41, 5.74) is 2.22. The minimum atomic E-state index is -3.78. The number of hydrogen-bond donors (Lipinski definition) is 0. The normalized spacial score (nSPS) is 11.8. The summed E-state index contributed by atoms with van der Waals surface area (Å²) in [6.07, 6.45) is 3.40. The first-order valence-corrected chi connectivity index (χ1v) is 10.9. The summed E-state index contributed by atoms with van der Waals surface area (Å²) in [6, 6.07) is 5.04. The van der Waals surface area contributed by atoms with Crippen molar-refractivity contribution in [2.24, 2.45) is 0 Å². The van der Waals surface area contributed by atoms with Gasteiger partial charge in [0, 0.05) is 23.4 Å². The maximum Gasteiger partial charge on any atom is 0.306 e. The van der Waals surface area contributed by atoms with Crippen LogP contribution in [-0.4, -0.2) is 39.2 Å².